The molecule has 3 heterocycles. The third kappa shape index (κ3) is 3.62. The predicted octanol–water partition coefficient (Wildman–Crippen LogP) is 3.61. The van der Waals surface area contributed by atoms with Crippen LogP contribution in [0, 0.1) is 0 Å². The second-order valence-electron chi connectivity index (χ2n) is 9.38. The molecular weight excluding hydrogens is 420 g/mol. The molecule has 32 heavy (non-hydrogen) atoms. The van der Waals surface area contributed by atoms with Gasteiger partial charge in [0.1, 0.15) is 11.4 Å². The highest BCUT2D eigenvalue weighted by molar-refractivity contribution is 7.91. The molecule has 1 aliphatic carbocycles. The number of piperidine rings is 1. The summed E-state index contributed by atoms with van der Waals surface area (Å²) in [5.41, 5.74) is 2.02. The fourth-order valence-corrected chi connectivity index (χ4v) is 6.32. The molecule has 3 aromatic rings. The van der Waals surface area contributed by atoms with E-state index in [1.807, 2.05) is 0 Å². The Labute approximate surface area is 191 Å². The fourth-order valence-electron chi connectivity index (χ4n) is 5.01. The van der Waals surface area contributed by atoms with Gasteiger partial charge in [-0.1, -0.05) is 42.5 Å². The number of hydrogen-bond acceptors (Lipinski definition) is 6. The van der Waals surface area contributed by atoms with E-state index in [1.165, 1.54) is 16.3 Å². The summed E-state index contributed by atoms with van der Waals surface area (Å²) in [4.78, 5) is 12.7. The maximum Gasteiger partial charge on any atom is 0.227 e. The summed E-state index contributed by atoms with van der Waals surface area (Å²) in [5, 5.41) is 15.8. The van der Waals surface area contributed by atoms with E-state index in [0.29, 0.717) is 17.5 Å². The van der Waals surface area contributed by atoms with Crippen molar-refractivity contribution in [1.29, 1.82) is 0 Å². The number of hydrogen-bond donors (Lipinski definition) is 2. The Morgan fingerprint density at radius 2 is 1.88 bits per heavy atom. The van der Waals surface area contributed by atoms with Gasteiger partial charge in [-0.05, 0) is 59.1 Å². The average Bonchev–Trinajstić information content (AvgIpc) is 3.52. The SMILES string of the molecule is [O-][S+]1CCc2nc(N3CCC(c4ccc5ccccc5c4)CC3)nc(NC3(CO)CC3)c21. The van der Waals surface area contributed by atoms with Crippen molar-refractivity contribution in [2.75, 3.05) is 35.7 Å². The molecule has 7 heteroatoms. The first-order valence-corrected chi connectivity index (χ1v) is 12.9. The maximum absolute atomic E-state index is 12.6. The molecule has 1 unspecified atom stereocenters. The van der Waals surface area contributed by atoms with Crippen LogP contribution in [0.15, 0.2) is 47.4 Å². The number of aromatic nitrogens is 2. The van der Waals surface area contributed by atoms with E-state index < -0.39 is 11.2 Å². The molecule has 2 aromatic carbocycles. The Bertz CT molecular complexity index is 1160. The molecule has 2 N–H and O–H groups in total. The molecule has 2 aliphatic heterocycles. The van der Waals surface area contributed by atoms with Crippen molar-refractivity contribution in [3.8, 4) is 0 Å². The molecule has 0 amide bonds. The molecule has 1 saturated carbocycles. The van der Waals surface area contributed by atoms with Crippen LogP contribution in [0.5, 0.6) is 0 Å². The minimum atomic E-state index is -1.06. The van der Waals surface area contributed by atoms with Crippen LogP contribution in [-0.4, -0.2) is 50.6 Å². The Morgan fingerprint density at radius 3 is 2.62 bits per heavy atom. The largest absolute Gasteiger partial charge is 0.611 e. The lowest BCUT2D eigenvalue weighted by Gasteiger charge is -2.33. The average molecular weight is 449 g/mol. The van der Waals surface area contributed by atoms with Crippen LogP contribution in [0.25, 0.3) is 10.8 Å². The lowest BCUT2D eigenvalue weighted by Crippen LogP contribution is -2.35. The van der Waals surface area contributed by atoms with Gasteiger partial charge in [0.05, 0.1) is 12.1 Å². The maximum atomic E-state index is 12.6. The standard InChI is InChI=1S/C25H28N4O2S/c30-16-25(10-11-25)28-23-22-21(9-14-32(22)31)26-24(27-23)29-12-7-18(8-13-29)20-6-5-17-3-1-2-4-19(17)15-20/h1-6,15,18,30H,7-14,16H2,(H,26,27,28). The van der Waals surface area contributed by atoms with Crippen molar-refractivity contribution in [3.63, 3.8) is 0 Å². The van der Waals surface area contributed by atoms with E-state index in [2.05, 4.69) is 52.7 Å². The highest BCUT2D eigenvalue weighted by Gasteiger charge is 2.45. The monoisotopic (exact) mass is 448 g/mol. The zero-order valence-corrected chi connectivity index (χ0v) is 18.9. The van der Waals surface area contributed by atoms with Crippen LogP contribution < -0.4 is 10.2 Å². The van der Waals surface area contributed by atoms with Crippen LogP contribution in [0.3, 0.4) is 0 Å². The number of benzene rings is 2. The number of aliphatic hydroxyl groups excluding tert-OH is 1. The Kier molecular flexibility index (Phi) is 5.01. The van der Waals surface area contributed by atoms with Crippen molar-refractivity contribution >= 4 is 33.7 Å². The van der Waals surface area contributed by atoms with Crippen molar-refractivity contribution < 1.29 is 9.66 Å². The summed E-state index contributed by atoms with van der Waals surface area (Å²) < 4.78 is 12.6. The highest BCUT2D eigenvalue weighted by Crippen LogP contribution is 2.42. The lowest BCUT2D eigenvalue weighted by atomic mass is 9.88. The van der Waals surface area contributed by atoms with Gasteiger partial charge in [0, 0.05) is 19.5 Å². The quantitative estimate of drug-likeness (QED) is 0.580. The van der Waals surface area contributed by atoms with Gasteiger partial charge in [0.15, 0.2) is 5.82 Å². The van der Waals surface area contributed by atoms with Crippen LogP contribution >= 0.6 is 0 Å². The number of aryl methyl sites for hydroxylation is 1. The number of fused-ring (bicyclic) bond motifs is 2. The number of nitrogens with zero attached hydrogens (tertiary/aromatic N) is 3. The van der Waals surface area contributed by atoms with Crippen molar-refractivity contribution in [3.05, 3.63) is 53.7 Å². The fraction of sp³-hybridized carbons (Fsp3) is 0.440. The van der Waals surface area contributed by atoms with Crippen LogP contribution in [0.1, 0.15) is 42.9 Å². The summed E-state index contributed by atoms with van der Waals surface area (Å²) in [6.07, 6.45) is 4.69. The molecule has 0 spiro atoms. The van der Waals surface area contributed by atoms with Gasteiger partial charge in [-0.3, -0.25) is 0 Å². The van der Waals surface area contributed by atoms with Crippen LogP contribution in [-0.2, 0) is 17.6 Å². The molecule has 1 saturated heterocycles. The third-order valence-electron chi connectivity index (χ3n) is 7.24. The van der Waals surface area contributed by atoms with Gasteiger partial charge in [0.2, 0.25) is 10.8 Å². The third-order valence-corrected chi connectivity index (χ3v) is 8.70. The second kappa shape index (κ2) is 7.90. The Hall–Kier alpha value is -2.35. The summed E-state index contributed by atoms with van der Waals surface area (Å²) in [6.45, 7) is 1.89. The zero-order valence-electron chi connectivity index (χ0n) is 18.1. The molecule has 0 bridgehead atoms. The van der Waals surface area contributed by atoms with E-state index in [4.69, 9.17) is 9.97 Å². The van der Waals surface area contributed by atoms with Gasteiger partial charge >= 0.3 is 0 Å². The van der Waals surface area contributed by atoms with Gasteiger partial charge in [-0.25, -0.2) is 4.98 Å². The summed E-state index contributed by atoms with van der Waals surface area (Å²) in [7, 11) is 0. The molecular formula is C25H28N4O2S. The highest BCUT2D eigenvalue weighted by atomic mass is 32.2. The summed E-state index contributed by atoms with van der Waals surface area (Å²) in [5.74, 6) is 2.55. The van der Waals surface area contributed by atoms with E-state index >= 15 is 0 Å². The smallest absolute Gasteiger partial charge is 0.227 e. The van der Waals surface area contributed by atoms with Crippen molar-refractivity contribution in [1.82, 2.24) is 9.97 Å². The second-order valence-corrected chi connectivity index (χ2v) is 10.9. The Morgan fingerprint density at radius 1 is 1.09 bits per heavy atom. The van der Waals surface area contributed by atoms with Gasteiger partial charge < -0.3 is 19.9 Å². The number of rotatable bonds is 5. The first kappa shape index (κ1) is 20.3. The van der Waals surface area contributed by atoms with Crippen molar-refractivity contribution in [2.45, 2.75) is 48.5 Å². The van der Waals surface area contributed by atoms with E-state index in [1.54, 1.807) is 0 Å². The van der Waals surface area contributed by atoms with E-state index in [9.17, 15) is 9.66 Å². The first-order valence-electron chi connectivity index (χ1n) is 11.6. The zero-order chi connectivity index (χ0) is 21.7. The predicted molar refractivity (Wildman–Crippen MR) is 128 cm³/mol. The topological polar surface area (TPSA) is 84.3 Å². The molecule has 3 aliphatic rings. The minimum Gasteiger partial charge on any atom is -0.611 e. The molecule has 6 nitrogen and oxygen atoms in total. The summed E-state index contributed by atoms with van der Waals surface area (Å²) >= 11 is -1.06. The first-order chi connectivity index (χ1) is 15.6. The number of anilines is 2. The lowest BCUT2D eigenvalue weighted by molar-refractivity contribution is 0.265. The van der Waals surface area contributed by atoms with Gasteiger partial charge in [0.25, 0.3) is 0 Å². The molecule has 2 fully saturated rings. The molecule has 6 rings (SSSR count). The van der Waals surface area contributed by atoms with Crippen molar-refractivity contribution in [2.24, 2.45) is 0 Å². The van der Waals surface area contributed by atoms with E-state index in [-0.39, 0.29) is 12.1 Å². The van der Waals surface area contributed by atoms with Gasteiger partial charge in [-0.15, -0.1) is 0 Å². The summed E-state index contributed by atoms with van der Waals surface area (Å²) in [6, 6.07) is 15.4. The minimum absolute atomic E-state index is 0.0743. The molecule has 1 atom stereocenters. The molecule has 0 radical (unpaired) electrons. The Balaban J connectivity index is 1.22. The number of nitrogens with one attached hydrogen (secondary N) is 1. The number of aliphatic hydroxyl groups is 1. The van der Waals surface area contributed by atoms with E-state index in [0.717, 1.165) is 61.7 Å². The normalized spacial score (nSPS) is 22.2. The van der Waals surface area contributed by atoms with Crippen LogP contribution in [0.4, 0.5) is 11.8 Å². The molecule has 166 valence electrons. The van der Waals surface area contributed by atoms with Crippen LogP contribution in [0.2, 0.25) is 0 Å². The molecule has 1 aromatic heterocycles. The van der Waals surface area contributed by atoms with Gasteiger partial charge in [-0.2, -0.15) is 4.98 Å².